The van der Waals surface area contributed by atoms with Crippen LogP contribution < -0.4 is 15.4 Å². The van der Waals surface area contributed by atoms with E-state index >= 15 is 0 Å². The molecule has 5 nitrogen and oxygen atoms in total. The van der Waals surface area contributed by atoms with Gasteiger partial charge in [-0.25, -0.2) is 4.39 Å². The van der Waals surface area contributed by atoms with Crippen LogP contribution in [0.2, 0.25) is 0 Å². The first kappa shape index (κ1) is 17.5. The van der Waals surface area contributed by atoms with Crippen molar-refractivity contribution in [3.8, 4) is 5.75 Å². The summed E-state index contributed by atoms with van der Waals surface area (Å²) in [6.45, 7) is 2.55. The molecule has 126 valence electrons. The number of hydrogen-bond donors (Lipinski definition) is 2. The lowest BCUT2D eigenvalue weighted by Crippen LogP contribution is -2.24. The number of rotatable bonds is 6. The van der Waals surface area contributed by atoms with Gasteiger partial charge in [-0.15, -0.1) is 0 Å². The van der Waals surface area contributed by atoms with Crippen LogP contribution >= 0.6 is 0 Å². The fourth-order valence-electron chi connectivity index (χ4n) is 2.09. The van der Waals surface area contributed by atoms with Crippen molar-refractivity contribution in [2.24, 2.45) is 0 Å². The molecule has 2 amide bonds. The molecular weight excluding hydrogens is 311 g/mol. The number of anilines is 1. The molecule has 0 spiro atoms. The SMILES string of the molecule is CCCNC(=O)c1cccc(NC(=O)c2ccc(OC)c(F)c2)c1. The fourth-order valence-corrected chi connectivity index (χ4v) is 2.09. The van der Waals surface area contributed by atoms with Crippen LogP contribution in [0.25, 0.3) is 0 Å². The zero-order valence-electron chi connectivity index (χ0n) is 13.6. The van der Waals surface area contributed by atoms with E-state index in [0.717, 1.165) is 12.5 Å². The first-order valence-electron chi connectivity index (χ1n) is 7.58. The molecule has 6 heteroatoms. The molecule has 0 saturated heterocycles. The molecule has 0 saturated carbocycles. The zero-order chi connectivity index (χ0) is 17.5. The molecule has 0 heterocycles. The van der Waals surface area contributed by atoms with Crippen molar-refractivity contribution in [3.05, 3.63) is 59.4 Å². The fraction of sp³-hybridized carbons (Fsp3) is 0.222. The van der Waals surface area contributed by atoms with Crippen LogP contribution in [0.3, 0.4) is 0 Å². The summed E-state index contributed by atoms with van der Waals surface area (Å²) in [7, 11) is 1.35. The first-order valence-corrected chi connectivity index (χ1v) is 7.58. The second-order valence-corrected chi connectivity index (χ2v) is 5.14. The molecule has 0 radical (unpaired) electrons. The van der Waals surface area contributed by atoms with Crippen LogP contribution in [0.15, 0.2) is 42.5 Å². The normalized spacial score (nSPS) is 10.1. The lowest BCUT2D eigenvalue weighted by atomic mass is 10.1. The van der Waals surface area contributed by atoms with E-state index in [0.29, 0.717) is 17.8 Å². The number of nitrogens with one attached hydrogen (secondary N) is 2. The van der Waals surface area contributed by atoms with Gasteiger partial charge in [0.05, 0.1) is 7.11 Å². The highest BCUT2D eigenvalue weighted by Crippen LogP contribution is 2.19. The summed E-state index contributed by atoms with van der Waals surface area (Å²) in [4.78, 5) is 24.1. The van der Waals surface area contributed by atoms with Gasteiger partial charge in [0.1, 0.15) is 0 Å². The van der Waals surface area contributed by atoms with Crippen LogP contribution in [-0.2, 0) is 0 Å². The third kappa shape index (κ3) is 4.32. The number of carbonyl (C=O) groups excluding carboxylic acids is 2. The van der Waals surface area contributed by atoms with Crippen LogP contribution in [0.5, 0.6) is 5.75 Å². The molecule has 0 aliphatic rings. The summed E-state index contributed by atoms with van der Waals surface area (Å²) < 4.78 is 18.5. The van der Waals surface area contributed by atoms with Gasteiger partial charge in [-0.1, -0.05) is 13.0 Å². The Hall–Kier alpha value is -2.89. The molecule has 2 aromatic rings. The van der Waals surface area contributed by atoms with Gasteiger partial charge >= 0.3 is 0 Å². The van der Waals surface area contributed by atoms with Crippen molar-refractivity contribution in [1.29, 1.82) is 0 Å². The lowest BCUT2D eigenvalue weighted by Gasteiger charge is -2.09. The molecule has 2 N–H and O–H groups in total. The van der Waals surface area contributed by atoms with E-state index in [1.54, 1.807) is 24.3 Å². The average molecular weight is 330 g/mol. The minimum Gasteiger partial charge on any atom is -0.494 e. The minimum absolute atomic E-state index is 0.0705. The minimum atomic E-state index is -0.613. The number of halogens is 1. The molecule has 0 atom stereocenters. The van der Waals surface area contributed by atoms with Gasteiger partial charge in [-0.2, -0.15) is 0 Å². The highest BCUT2D eigenvalue weighted by Gasteiger charge is 2.11. The highest BCUT2D eigenvalue weighted by molar-refractivity contribution is 6.05. The van der Waals surface area contributed by atoms with Crippen molar-refractivity contribution in [2.75, 3.05) is 19.0 Å². The number of benzene rings is 2. The maximum Gasteiger partial charge on any atom is 0.255 e. The predicted molar refractivity (Wildman–Crippen MR) is 90.0 cm³/mol. The van der Waals surface area contributed by atoms with Gasteiger partial charge in [0.15, 0.2) is 11.6 Å². The van der Waals surface area contributed by atoms with Crippen LogP contribution in [0.1, 0.15) is 34.1 Å². The van der Waals surface area contributed by atoms with E-state index in [-0.39, 0.29) is 17.2 Å². The van der Waals surface area contributed by atoms with E-state index in [9.17, 15) is 14.0 Å². The first-order chi connectivity index (χ1) is 11.5. The molecule has 2 rings (SSSR count). The summed E-state index contributed by atoms with van der Waals surface area (Å²) in [6.07, 6.45) is 0.838. The number of amides is 2. The van der Waals surface area contributed by atoms with E-state index < -0.39 is 11.7 Å². The summed E-state index contributed by atoms with van der Waals surface area (Å²) in [5.41, 5.74) is 1.07. The van der Waals surface area contributed by atoms with E-state index in [2.05, 4.69) is 10.6 Å². The molecule has 0 aromatic heterocycles. The summed E-state index contributed by atoms with van der Waals surface area (Å²) in [5, 5.41) is 5.41. The molecule has 0 aliphatic heterocycles. The van der Waals surface area contributed by atoms with Crippen LogP contribution in [-0.4, -0.2) is 25.5 Å². The second kappa shape index (κ2) is 8.10. The Morgan fingerprint density at radius 2 is 1.83 bits per heavy atom. The Labute approximate surface area is 139 Å². The third-order valence-electron chi connectivity index (χ3n) is 3.33. The Balaban J connectivity index is 2.11. The van der Waals surface area contributed by atoms with E-state index in [1.165, 1.54) is 19.2 Å². The quantitative estimate of drug-likeness (QED) is 0.854. The van der Waals surface area contributed by atoms with Crippen molar-refractivity contribution in [1.82, 2.24) is 5.32 Å². The van der Waals surface area contributed by atoms with Gasteiger partial charge in [0, 0.05) is 23.4 Å². The maximum atomic E-state index is 13.7. The van der Waals surface area contributed by atoms with Crippen molar-refractivity contribution in [3.63, 3.8) is 0 Å². The van der Waals surface area contributed by atoms with Crippen molar-refractivity contribution in [2.45, 2.75) is 13.3 Å². The van der Waals surface area contributed by atoms with Crippen molar-refractivity contribution >= 4 is 17.5 Å². The topological polar surface area (TPSA) is 67.4 Å². The summed E-state index contributed by atoms with van der Waals surface area (Å²) in [6, 6.07) is 10.5. The number of methoxy groups -OCH3 is 1. The van der Waals surface area contributed by atoms with E-state index in [1.807, 2.05) is 6.92 Å². The Kier molecular flexibility index (Phi) is 5.89. The largest absolute Gasteiger partial charge is 0.494 e. The maximum absolute atomic E-state index is 13.7. The van der Waals surface area contributed by atoms with Gasteiger partial charge in [-0.3, -0.25) is 9.59 Å². The molecule has 0 fully saturated rings. The van der Waals surface area contributed by atoms with Crippen LogP contribution in [0, 0.1) is 5.82 Å². The zero-order valence-corrected chi connectivity index (χ0v) is 13.6. The molecular formula is C18H19FN2O3. The molecule has 2 aromatic carbocycles. The Morgan fingerprint density at radius 1 is 1.08 bits per heavy atom. The van der Waals surface area contributed by atoms with Gasteiger partial charge in [0.2, 0.25) is 0 Å². The van der Waals surface area contributed by atoms with Gasteiger partial charge in [0.25, 0.3) is 11.8 Å². The monoisotopic (exact) mass is 330 g/mol. The van der Waals surface area contributed by atoms with Crippen molar-refractivity contribution < 1.29 is 18.7 Å². The molecule has 0 bridgehead atoms. The van der Waals surface area contributed by atoms with Gasteiger partial charge in [-0.05, 0) is 42.8 Å². The third-order valence-corrected chi connectivity index (χ3v) is 3.33. The average Bonchev–Trinajstić information content (AvgIpc) is 2.59. The molecule has 0 aliphatic carbocycles. The Bertz CT molecular complexity index is 747. The molecule has 0 unspecified atom stereocenters. The Morgan fingerprint density at radius 3 is 2.50 bits per heavy atom. The standard InChI is InChI=1S/C18H19FN2O3/c1-3-9-20-17(22)12-5-4-6-14(10-12)21-18(23)13-7-8-16(24-2)15(19)11-13/h4-8,10-11H,3,9H2,1-2H3,(H,20,22)(H,21,23). The summed E-state index contributed by atoms with van der Waals surface area (Å²) >= 11 is 0. The number of ether oxygens (including phenoxy) is 1. The number of carbonyl (C=O) groups is 2. The molecule has 24 heavy (non-hydrogen) atoms. The second-order valence-electron chi connectivity index (χ2n) is 5.14. The lowest BCUT2D eigenvalue weighted by molar-refractivity contribution is 0.0952. The predicted octanol–water partition coefficient (Wildman–Crippen LogP) is 3.23. The van der Waals surface area contributed by atoms with E-state index in [4.69, 9.17) is 4.74 Å². The van der Waals surface area contributed by atoms with Crippen LogP contribution in [0.4, 0.5) is 10.1 Å². The smallest absolute Gasteiger partial charge is 0.255 e. The van der Waals surface area contributed by atoms with Gasteiger partial charge < -0.3 is 15.4 Å². The summed E-state index contributed by atoms with van der Waals surface area (Å²) in [5.74, 6) is -1.22. The number of hydrogen-bond acceptors (Lipinski definition) is 3. The highest BCUT2D eigenvalue weighted by atomic mass is 19.1.